The predicted octanol–water partition coefficient (Wildman–Crippen LogP) is 1.71. The number of hydrogen-bond acceptors (Lipinski definition) is 6. The third-order valence-electron chi connectivity index (χ3n) is 2.70. The maximum Gasteiger partial charge on any atom is 0.239 e. The minimum absolute atomic E-state index is 0.444. The molecule has 1 aromatic carbocycles. The van der Waals surface area contributed by atoms with Gasteiger partial charge in [0.25, 0.3) is 0 Å². The second-order valence-corrected chi connectivity index (χ2v) is 4.93. The van der Waals surface area contributed by atoms with Crippen LogP contribution in [0.3, 0.4) is 0 Å². The topological polar surface area (TPSA) is 67.1 Å². The molecule has 0 bridgehead atoms. The third-order valence-corrected chi connectivity index (χ3v) is 3.30. The van der Waals surface area contributed by atoms with E-state index in [2.05, 4.69) is 26.5 Å². The first-order valence-electron chi connectivity index (χ1n) is 5.69. The van der Waals surface area contributed by atoms with Gasteiger partial charge in [-0.15, -0.1) is 0 Å². The van der Waals surface area contributed by atoms with Gasteiger partial charge in [0, 0.05) is 24.7 Å². The van der Waals surface area contributed by atoms with Gasteiger partial charge in [-0.3, -0.25) is 5.43 Å². The number of thioether (sulfide) groups is 1. The Bertz CT molecular complexity index is 531. The van der Waals surface area contributed by atoms with E-state index in [-0.39, 0.29) is 0 Å². The Balaban J connectivity index is 2.46. The zero-order chi connectivity index (χ0) is 13.0. The fourth-order valence-corrected chi connectivity index (χ4v) is 2.21. The number of aromatic nitrogens is 2. The van der Waals surface area contributed by atoms with Crippen molar-refractivity contribution in [2.24, 2.45) is 5.84 Å². The summed E-state index contributed by atoms with van der Waals surface area (Å²) in [4.78, 5) is 10.9. The van der Waals surface area contributed by atoms with Gasteiger partial charge < -0.3 is 4.90 Å². The molecule has 0 amide bonds. The van der Waals surface area contributed by atoms with Gasteiger partial charge >= 0.3 is 0 Å². The quantitative estimate of drug-likeness (QED) is 0.632. The van der Waals surface area contributed by atoms with Crippen molar-refractivity contribution in [2.75, 3.05) is 35.9 Å². The van der Waals surface area contributed by atoms with Crippen LogP contribution in [-0.2, 0) is 0 Å². The number of anilines is 2. The normalized spacial score (nSPS) is 10.6. The van der Waals surface area contributed by atoms with E-state index in [0.717, 1.165) is 29.0 Å². The van der Waals surface area contributed by atoms with Crippen LogP contribution in [0.1, 0.15) is 0 Å². The van der Waals surface area contributed by atoms with Crippen LogP contribution >= 0.6 is 11.8 Å². The average molecular weight is 263 g/mol. The third kappa shape index (κ3) is 2.65. The van der Waals surface area contributed by atoms with Gasteiger partial charge in [-0.2, -0.15) is 16.7 Å². The van der Waals surface area contributed by atoms with E-state index < -0.39 is 0 Å². The van der Waals surface area contributed by atoms with Crippen LogP contribution in [0.5, 0.6) is 0 Å². The van der Waals surface area contributed by atoms with E-state index in [1.54, 1.807) is 0 Å². The van der Waals surface area contributed by atoms with Gasteiger partial charge in [-0.25, -0.2) is 10.8 Å². The Morgan fingerprint density at radius 3 is 2.83 bits per heavy atom. The summed E-state index contributed by atoms with van der Waals surface area (Å²) in [5.41, 5.74) is 3.41. The van der Waals surface area contributed by atoms with Crippen LogP contribution in [0.25, 0.3) is 10.9 Å². The van der Waals surface area contributed by atoms with Crippen molar-refractivity contribution < 1.29 is 0 Å². The van der Waals surface area contributed by atoms with Crippen molar-refractivity contribution >= 4 is 34.4 Å². The van der Waals surface area contributed by atoms with E-state index in [1.807, 2.05) is 43.1 Å². The van der Waals surface area contributed by atoms with Gasteiger partial charge in [0.15, 0.2) is 0 Å². The van der Waals surface area contributed by atoms with Crippen molar-refractivity contribution in [3.8, 4) is 0 Å². The van der Waals surface area contributed by atoms with E-state index in [0.29, 0.717) is 5.95 Å². The first-order chi connectivity index (χ1) is 8.76. The predicted molar refractivity (Wildman–Crippen MR) is 79.0 cm³/mol. The molecule has 0 aliphatic rings. The Labute approximate surface area is 111 Å². The molecule has 0 saturated heterocycles. The molecule has 1 heterocycles. The molecule has 6 heteroatoms. The minimum Gasteiger partial charge on any atom is -0.358 e. The number of nitrogens with two attached hydrogens (primary N) is 1. The van der Waals surface area contributed by atoms with Crippen LogP contribution in [0.15, 0.2) is 24.3 Å². The molecule has 3 N–H and O–H groups in total. The van der Waals surface area contributed by atoms with Crippen molar-refractivity contribution in [3.63, 3.8) is 0 Å². The lowest BCUT2D eigenvalue weighted by Gasteiger charge is -2.19. The van der Waals surface area contributed by atoms with Gasteiger partial charge in [0.1, 0.15) is 5.82 Å². The Hall–Kier alpha value is -1.53. The minimum atomic E-state index is 0.444. The molecular formula is C12H17N5S. The number of benzene rings is 1. The van der Waals surface area contributed by atoms with E-state index in [9.17, 15) is 0 Å². The zero-order valence-electron chi connectivity index (χ0n) is 10.6. The lowest BCUT2D eigenvalue weighted by atomic mass is 10.2. The summed E-state index contributed by atoms with van der Waals surface area (Å²) in [6, 6.07) is 7.94. The standard InChI is InChI=1S/C12H17N5S/c1-17(7-8-18-2)11-9-5-3-4-6-10(9)14-12(15-11)16-13/h3-6H,7-8,13H2,1-2H3,(H,14,15,16). The summed E-state index contributed by atoms with van der Waals surface area (Å²) < 4.78 is 0. The van der Waals surface area contributed by atoms with E-state index in [4.69, 9.17) is 5.84 Å². The first-order valence-corrected chi connectivity index (χ1v) is 7.09. The molecule has 0 fully saturated rings. The highest BCUT2D eigenvalue weighted by Crippen LogP contribution is 2.24. The summed E-state index contributed by atoms with van der Waals surface area (Å²) in [5, 5.41) is 1.04. The molecule has 0 aliphatic heterocycles. The van der Waals surface area contributed by atoms with Crippen molar-refractivity contribution in [1.29, 1.82) is 0 Å². The van der Waals surface area contributed by atoms with Crippen molar-refractivity contribution in [1.82, 2.24) is 9.97 Å². The van der Waals surface area contributed by atoms with Crippen LogP contribution in [-0.4, -0.2) is 35.6 Å². The zero-order valence-corrected chi connectivity index (χ0v) is 11.4. The number of nitrogens with one attached hydrogen (secondary N) is 1. The summed E-state index contributed by atoms with van der Waals surface area (Å²) in [6.45, 7) is 0.937. The molecular weight excluding hydrogens is 246 g/mol. The average Bonchev–Trinajstić information content (AvgIpc) is 2.43. The number of nitrogens with zero attached hydrogens (tertiary/aromatic N) is 3. The van der Waals surface area contributed by atoms with Gasteiger partial charge in [-0.05, 0) is 18.4 Å². The molecule has 0 saturated carbocycles. The smallest absolute Gasteiger partial charge is 0.239 e. The number of hydrazine groups is 1. The molecule has 18 heavy (non-hydrogen) atoms. The highest BCUT2D eigenvalue weighted by molar-refractivity contribution is 7.98. The number of nitrogen functional groups attached to an aromatic ring is 1. The summed E-state index contributed by atoms with van der Waals surface area (Å²) in [5.74, 6) is 7.82. The molecule has 0 unspecified atom stereocenters. The second-order valence-electron chi connectivity index (χ2n) is 3.95. The molecule has 0 atom stereocenters. The summed E-state index contributed by atoms with van der Waals surface area (Å²) in [7, 11) is 2.03. The number of fused-ring (bicyclic) bond motifs is 1. The molecule has 0 radical (unpaired) electrons. The summed E-state index contributed by atoms with van der Waals surface area (Å²) in [6.07, 6.45) is 2.10. The van der Waals surface area contributed by atoms with Crippen molar-refractivity contribution in [3.05, 3.63) is 24.3 Å². The molecule has 0 aliphatic carbocycles. The Morgan fingerprint density at radius 1 is 1.33 bits per heavy atom. The van der Waals surface area contributed by atoms with E-state index in [1.165, 1.54) is 0 Å². The molecule has 5 nitrogen and oxygen atoms in total. The fourth-order valence-electron chi connectivity index (χ4n) is 1.75. The van der Waals surface area contributed by atoms with Gasteiger partial charge in [-0.1, -0.05) is 12.1 Å². The molecule has 96 valence electrons. The van der Waals surface area contributed by atoms with Gasteiger partial charge in [0.05, 0.1) is 5.52 Å². The lowest BCUT2D eigenvalue weighted by molar-refractivity contribution is 0.947. The monoisotopic (exact) mass is 263 g/mol. The maximum atomic E-state index is 5.41. The highest BCUT2D eigenvalue weighted by atomic mass is 32.2. The van der Waals surface area contributed by atoms with Crippen molar-refractivity contribution in [2.45, 2.75) is 0 Å². The Kier molecular flexibility index (Phi) is 4.22. The van der Waals surface area contributed by atoms with Crippen LogP contribution in [0, 0.1) is 0 Å². The van der Waals surface area contributed by atoms with Gasteiger partial charge in [0.2, 0.25) is 5.95 Å². The second kappa shape index (κ2) is 5.88. The molecule has 2 aromatic rings. The molecule has 0 spiro atoms. The van der Waals surface area contributed by atoms with Crippen LogP contribution < -0.4 is 16.2 Å². The maximum absolute atomic E-state index is 5.41. The largest absolute Gasteiger partial charge is 0.358 e. The number of para-hydroxylation sites is 1. The molecule has 2 rings (SSSR count). The lowest BCUT2D eigenvalue weighted by Crippen LogP contribution is -2.23. The number of hydrogen-bond donors (Lipinski definition) is 2. The van der Waals surface area contributed by atoms with E-state index >= 15 is 0 Å². The summed E-state index contributed by atoms with van der Waals surface area (Å²) >= 11 is 1.81. The van der Waals surface area contributed by atoms with Crippen LogP contribution in [0.2, 0.25) is 0 Å². The SMILES string of the molecule is CSCCN(C)c1nc(NN)nc2ccccc12. The van der Waals surface area contributed by atoms with Crippen LogP contribution in [0.4, 0.5) is 11.8 Å². The molecule has 1 aromatic heterocycles. The Morgan fingerprint density at radius 2 is 2.11 bits per heavy atom. The fraction of sp³-hybridized carbons (Fsp3) is 0.333. The highest BCUT2D eigenvalue weighted by Gasteiger charge is 2.10. The first kappa shape index (κ1) is 12.9. The number of rotatable bonds is 5.